The van der Waals surface area contributed by atoms with E-state index in [1.807, 2.05) is 24.3 Å². The third-order valence-corrected chi connectivity index (χ3v) is 6.05. The lowest BCUT2D eigenvalue weighted by Gasteiger charge is -2.14. The second kappa shape index (κ2) is 8.09. The fraction of sp³-hybridized carbons (Fsp3) is 0.400. The van der Waals surface area contributed by atoms with E-state index in [4.69, 9.17) is 25.7 Å². The van der Waals surface area contributed by atoms with Crippen LogP contribution < -0.4 is 0 Å². The average Bonchev–Trinajstić information content (AvgIpc) is 3.38. The number of rotatable bonds is 6. The van der Waals surface area contributed by atoms with Gasteiger partial charge in [0.25, 0.3) is 0 Å². The molecule has 2 aromatic heterocycles. The Morgan fingerprint density at radius 2 is 2.19 bits per heavy atom. The molecule has 3 heterocycles. The highest BCUT2D eigenvalue weighted by Crippen LogP contribution is 2.28. The summed E-state index contributed by atoms with van der Waals surface area (Å²) < 4.78 is 13.7. The minimum atomic E-state index is 0.290. The molecular formula is C20H22ClN3O2S. The van der Waals surface area contributed by atoms with Crippen LogP contribution in [-0.2, 0) is 17.0 Å². The number of hydrogen-bond acceptors (Lipinski definition) is 5. The first-order valence-corrected chi connectivity index (χ1v) is 10.4. The Morgan fingerprint density at radius 3 is 2.96 bits per heavy atom. The number of aryl methyl sites for hydroxylation is 1. The van der Waals surface area contributed by atoms with Gasteiger partial charge < -0.3 is 13.7 Å². The van der Waals surface area contributed by atoms with Gasteiger partial charge >= 0.3 is 0 Å². The zero-order chi connectivity index (χ0) is 18.8. The predicted molar refractivity (Wildman–Crippen MR) is 107 cm³/mol. The van der Waals surface area contributed by atoms with Crippen LogP contribution in [0, 0.1) is 13.8 Å². The van der Waals surface area contributed by atoms with Crippen molar-refractivity contribution in [3.05, 3.63) is 52.6 Å². The van der Waals surface area contributed by atoms with Crippen LogP contribution in [0.15, 0.2) is 40.1 Å². The molecule has 3 aromatic rings. The first kappa shape index (κ1) is 18.6. The van der Waals surface area contributed by atoms with Crippen LogP contribution in [0.4, 0.5) is 0 Å². The van der Waals surface area contributed by atoms with Crippen LogP contribution in [-0.4, -0.2) is 27.2 Å². The monoisotopic (exact) mass is 403 g/mol. The standard InChI is InChI=1S/C20H22ClN3O2S/c1-13-14(2)24(10-18-7-4-8-25-18)20(22-13)27-12-17-11-26-19(23-17)15-5-3-6-16(21)9-15/h3,5-6,9,11,18H,4,7-8,10,12H2,1-2H3. The first-order chi connectivity index (χ1) is 13.1. The summed E-state index contributed by atoms with van der Waals surface area (Å²) in [5.41, 5.74) is 4.03. The quantitative estimate of drug-likeness (QED) is 0.524. The molecule has 0 bridgehead atoms. The molecule has 0 amide bonds. The van der Waals surface area contributed by atoms with Crippen molar-refractivity contribution < 1.29 is 9.15 Å². The topological polar surface area (TPSA) is 53.1 Å². The van der Waals surface area contributed by atoms with E-state index < -0.39 is 0 Å². The van der Waals surface area contributed by atoms with E-state index in [1.54, 1.807) is 18.0 Å². The van der Waals surface area contributed by atoms with Crippen LogP contribution in [0.25, 0.3) is 11.5 Å². The Morgan fingerprint density at radius 1 is 1.30 bits per heavy atom. The number of benzene rings is 1. The minimum absolute atomic E-state index is 0.290. The molecule has 1 aliphatic heterocycles. The summed E-state index contributed by atoms with van der Waals surface area (Å²) >= 11 is 7.73. The molecule has 1 unspecified atom stereocenters. The molecule has 0 aliphatic carbocycles. The highest BCUT2D eigenvalue weighted by atomic mass is 35.5. The van der Waals surface area contributed by atoms with Gasteiger partial charge in [0.1, 0.15) is 6.26 Å². The highest BCUT2D eigenvalue weighted by molar-refractivity contribution is 7.98. The Kier molecular flexibility index (Phi) is 5.57. The number of ether oxygens (including phenoxy) is 1. The van der Waals surface area contributed by atoms with E-state index in [0.717, 1.165) is 48.1 Å². The lowest BCUT2D eigenvalue weighted by molar-refractivity contribution is 0.0945. The molecule has 1 atom stereocenters. The van der Waals surface area contributed by atoms with Gasteiger partial charge in [-0.25, -0.2) is 9.97 Å². The lowest BCUT2D eigenvalue weighted by atomic mass is 10.2. The van der Waals surface area contributed by atoms with Gasteiger partial charge in [-0.2, -0.15) is 0 Å². The van der Waals surface area contributed by atoms with Crippen molar-refractivity contribution in [2.75, 3.05) is 6.61 Å². The van der Waals surface area contributed by atoms with E-state index in [1.165, 1.54) is 5.69 Å². The molecule has 1 aromatic carbocycles. The molecular weight excluding hydrogens is 382 g/mol. The lowest BCUT2D eigenvalue weighted by Crippen LogP contribution is -2.16. The number of aromatic nitrogens is 3. The van der Waals surface area contributed by atoms with Crippen LogP contribution in [0.5, 0.6) is 0 Å². The van der Waals surface area contributed by atoms with Gasteiger partial charge in [0.2, 0.25) is 5.89 Å². The van der Waals surface area contributed by atoms with Crippen molar-refractivity contribution >= 4 is 23.4 Å². The van der Waals surface area contributed by atoms with Crippen LogP contribution in [0.1, 0.15) is 29.9 Å². The van der Waals surface area contributed by atoms with Crippen molar-refractivity contribution in [1.82, 2.24) is 14.5 Å². The maximum Gasteiger partial charge on any atom is 0.226 e. The van der Waals surface area contributed by atoms with Crippen molar-refractivity contribution in [2.45, 2.75) is 50.2 Å². The maximum atomic E-state index is 6.05. The number of hydrogen-bond donors (Lipinski definition) is 0. The average molecular weight is 404 g/mol. The Hall–Kier alpha value is -1.76. The molecule has 0 saturated carbocycles. The summed E-state index contributed by atoms with van der Waals surface area (Å²) in [6, 6.07) is 7.52. The molecule has 4 rings (SSSR count). The predicted octanol–water partition coefficient (Wildman–Crippen LogP) is 5.28. The summed E-state index contributed by atoms with van der Waals surface area (Å²) in [5.74, 6) is 1.29. The summed E-state index contributed by atoms with van der Waals surface area (Å²) in [4.78, 5) is 9.33. The summed E-state index contributed by atoms with van der Waals surface area (Å²) in [6.07, 6.45) is 4.26. The Balaban J connectivity index is 1.47. The van der Waals surface area contributed by atoms with E-state index in [0.29, 0.717) is 16.7 Å². The van der Waals surface area contributed by atoms with E-state index >= 15 is 0 Å². The number of nitrogens with zero attached hydrogens (tertiary/aromatic N) is 3. The maximum absolute atomic E-state index is 6.05. The summed E-state index contributed by atoms with van der Waals surface area (Å²) in [5, 5.41) is 1.68. The molecule has 27 heavy (non-hydrogen) atoms. The second-order valence-electron chi connectivity index (χ2n) is 6.75. The molecule has 7 heteroatoms. The molecule has 0 spiro atoms. The van der Waals surface area contributed by atoms with Crippen LogP contribution in [0.3, 0.4) is 0 Å². The molecule has 1 saturated heterocycles. The van der Waals surface area contributed by atoms with Gasteiger partial charge in [0, 0.05) is 28.6 Å². The number of imidazole rings is 1. The third kappa shape index (κ3) is 4.23. The second-order valence-corrected chi connectivity index (χ2v) is 8.13. The van der Waals surface area contributed by atoms with Gasteiger partial charge in [0.15, 0.2) is 5.16 Å². The number of halogens is 1. The van der Waals surface area contributed by atoms with E-state index in [9.17, 15) is 0 Å². The number of thioether (sulfide) groups is 1. The van der Waals surface area contributed by atoms with Gasteiger partial charge in [-0.15, -0.1) is 0 Å². The van der Waals surface area contributed by atoms with Gasteiger partial charge in [0.05, 0.1) is 24.0 Å². The van der Waals surface area contributed by atoms with Gasteiger partial charge in [-0.1, -0.05) is 29.4 Å². The molecule has 1 fully saturated rings. The van der Waals surface area contributed by atoms with Gasteiger partial charge in [-0.05, 0) is 44.9 Å². The normalized spacial score (nSPS) is 16.9. The zero-order valence-electron chi connectivity index (χ0n) is 15.4. The SMILES string of the molecule is Cc1nc(SCc2coc(-c3cccc(Cl)c3)n2)n(CC2CCCO2)c1C. The highest BCUT2D eigenvalue weighted by Gasteiger charge is 2.20. The fourth-order valence-corrected chi connectivity index (χ4v) is 4.38. The molecule has 5 nitrogen and oxygen atoms in total. The van der Waals surface area contributed by atoms with Crippen molar-refractivity contribution in [1.29, 1.82) is 0 Å². The molecule has 1 aliphatic rings. The third-order valence-electron chi connectivity index (χ3n) is 4.81. The first-order valence-electron chi connectivity index (χ1n) is 9.08. The van der Waals surface area contributed by atoms with Crippen LogP contribution in [0.2, 0.25) is 5.02 Å². The fourth-order valence-electron chi connectivity index (χ4n) is 3.21. The minimum Gasteiger partial charge on any atom is -0.444 e. The summed E-state index contributed by atoms with van der Waals surface area (Å²) in [6.45, 7) is 5.90. The van der Waals surface area contributed by atoms with Crippen molar-refractivity contribution in [3.8, 4) is 11.5 Å². The zero-order valence-corrected chi connectivity index (χ0v) is 17.0. The van der Waals surface area contributed by atoms with E-state index in [2.05, 4.69) is 23.4 Å². The summed E-state index contributed by atoms with van der Waals surface area (Å²) in [7, 11) is 0. The Bertz CT molecular complexity index is 931. The van der Waals surface area contributed by atoms with Crippen LogP contribution >= 0.6 is 23.4 Å². The van der Waals surface area contributed by atoms with Gasteiger partial charge in [-0.3, -0.25) is 0 Å². The van der Waals surface area contributed by atoms with E-state index in [-0.39, 0.29) is 6.10 Å². The largest absolute Gasteiger partial charge is 0.444 e. The van der Waals surface area contributed by atoms with Crippen molar-refractivity contribution in [2.24, 2.45) is 0 Å². The number of oxazole rings is 1. The Labute approximate surface area is 168 Å². The molecule has 142 valence electrons. The smallest absolute Gasteiger partial charge is 0.226 e. The molecule has 0 N–H and O–H groups in total. The van der Waals surface area contributed by atoms with Crippen molar-refractivity contribution in [3.63, 3.8) is 0 Å². The molecule has 0 radical (unpaired) electrons.